The van der Waals surface area contributed by atoms with Gasteiger partial charge in [0.1, 0.15) is 17.5 Å². The van der Waals surface area contributed by atoms with Crippen LogP contribution in [0.3, 0.4) is 0 Å². The summed E-state index contributed by atoms with van der Waals surface area (Å²) < 4.78 is 24.0. The van der Waals surface area contributed by atoms with Crippen LogP contribution in [0.1, 0.15) is 53.0 Å². The lowest BCUT2D eigenvalue weighted by Gasteiger charge is -2.27. The third kappa shape index (κ3) is 4.95. The van der Waals surface area contributed by atoms with Crippen LogP contribution in [0.25, 0.3) is 11.4 Å². The number of hydrogen-bond donors (Lipinski definition) is 1. The summed E-state index contributed by atoms with van der Waals surface area (Å²) in [6.07, 6.45) is 0.0899. The van der Waals surface area contributed by atoms with Crippen LogP contribution in [-0.4, -0.2) is 45.7 Å². The first-order valence-corrected chi connectivity index (χ1v) is 9.85. The molecule has 2 amide bonds. The highest BCUT2D eigenvalue weighted by molar-refractivity contribution is 5.84. The van der Waals surface area contributed by atoms with E-state index in [1.54, 1.807) is 44.7 Å². The summed E-state index contributed by atoms with van der Waals surface area (Å²) >= 11 is 0. The Balaban J connectivity index is 1.62. The van der Waals surface area contributed by atoms with E-state index in [2.05, 4.69) is 15.5 Å². The molecule has 0 aliphatic carbocycles. The number of amides is 2. The lowest BCUT2D eigenvalue weighted by atomic mass is 9.88. The number of nitrogens with zero attached hydrogens (tertiary/aromatic N) is 3. The minimum Gasteiger partial charge on any atom is -0.444 e. The standard InChI is InChI=1S/C21H27FN4O4/c1-13(17-24-16(25-30-17)14-7-6-8-15(22)11-14)23-18(27)21(5)9-10-26(12-21)19(28)29-20(2,3)4/h6-8,11,13H,9-10,12H2,1-5H3,(H,23,27)/t13-,21+/m0/s1. The quantitative estimate of drug-likeness (QED) is 0.813. The van der Waals surface area contributed by atoms with Crippen molar-refractivity contribution >= 4 is 12.0 Å². The fourth-order valence-corrected chi connectivity index (χ4v) is 3.22. The van der Waals surface area contributed by atoms with E-state index in [-0.39, 0.29) is 24.2 Å². The SMILES string of the molecule is C[C@H](NC(=O)[C@]1(C)CCN(C(=O)OC(C)(C)C)C1)c1nc(-c2cccc(F)c2)no1. The second-order valence-electron chi connectivity index (χ2n) is 8.87. The average Bonchev–Trinajstić information content (AvgIpc) is 3.28. The Labute approximate surface area is 174 Å². The molecular weight excluding hydrogens is 391 g/mol. The number of rotatable bonds is 4. The number of nitrogens with one attached hydrogen (secondary N) is 1. The van der Waals surface area contributed by atoms with Gasteiger partial charge in [0.05, 0.1) is 5.41 Å². The van der Waals surface area contributed by atoms with Crippen LogP contribution in [0.15, 0.2) is 28.8 Å². The molecular formula is C21H27FN4O4. The summed E-state index contributed by atoms with van der Waals surface area (Å²) in [7, 11) is 0. The maximum Gasteiger partial charge on any atom is 0.410 e. The molecule has 1 fully saturated rings. The summed E-state index contributed by atoms with van der Waals surface area (Å²) in [6, 6.07) is 5.33. The van der Waals surface area contributed by atoms with Gasteiger partial charge in [-0.3, -0.25) is 4.79 Å². The predicted octanol–water partition coefficient (Wildman–Crippen LogP) is 3.70. The van der Waals surface area contributed by atoms with Crippen LogP contribution in [0, 0.1) is 11.2 Å². The summed E-state index contributed by atoms with van der Waals surface area (Å²) in [4.78, 5) is 31.0. The molecule has 30 heavy (non-hydrogen) atoms. The summed E-state index contributed by atoms with van der Waals surface area (Å²) in [5, 5.41) is 6.74. The van der Waals surface area contributed by atoms with Crippen molar-refractivity contribution in [3.05, 3.63) is 36.0 Å². The smallest absolute Gasteiger partial charge is 0.410 e. The topological polar surface area (TPSA) is 97.6 Å². The van der Waals surface area contributed by atoms with E-state index in [9.17, 15) is 14.0 Å². The van der Waals surface area contributed by atoms with Crippen molar-refractivity contribution in [3.8, 4) is 11.4 Å². The van der Waals surface area contributed by atoms with Gasteiger partial charge in [0.25, 0.3) is 0 Å². The molecule has 0 spiro atoms. The van der Waals surface area contributed by atoms with E-state index < -0.39 is 29.0 Å². The second kappa shape index (κ2) is 8.04. The molecule has 0 unspecified atom stereocenters. The normalized spacial score (nSPS) is 20.1. The molecule has 0 bridgehead atoms. The van der Waals surface area contributed by atoms with Gasteiger partial charge in [-0.25, -0.2) is 9.18 Å². The van der Waals surface area contributed by atoms with Crippen molar-refractivity contribution in [1.29, 1.82) is 0 Å². The Morgan fingerprint density at radius 1 is 1.37 bits per heavy atom. The molecule has 1 aliphatic rings. The third-order valence-electron chi connectivity index (χ3n) is 4.92. The first-order valence-electron chi connectivity index (χ1n) is 9.85. The van der Waals surface area contributed by atoms with Crippen LogP contribution >= 0.6 is 0 Å². The van der Waals surface area contributed by atoms with Crippen molar-refractivity contribution < 1.29 is 23.2 Å². The Bertz CT molecular complexity index is 939. The van der Waals surface area contributed by atoms with Gasteiger partial charge in [-0.2, -0.15) is 4.98 Å². The van der Waals surface area contributed by atoms with Gasteiger partial charge in [-0.15, -0.1) is 0 Å². The molecule has 1 aromatic heterocycles. The zero-order chi connectivity index (χ0) is 22.1. The van der Waals surface area contributed by atoms with Crippen molar-refractivity contribution in [2.45, 2.75) is 52.7 Å². The maximum absolute atomic E-state index is 13.4. The zero-order valence-electron chi connectivity index (χ0n) is 17.9. The summed E-state index contributed by atoms with van der Waals surface area (Å²) in [5.74, 6) is -0.155. The molecule has 8 nitrogen and oxygen atoms in total. The predicted molar refractivity (Wildman–Crippen MR) is 107 cm³/mol. The Morgan fingerprint density at radius 2 is 2.10 bits per heavy atom. The van der Waals surface area contributed by atoms with Crippen LogP contribution in [0.4, 0.5) is 9.18 Å². The van der Waals surface area contributed by atoms with Gasteiger partial charge in [0.2, 0.25) is 17.6 Å². The summed E-state index contributed by atoms with van der Waals surface area (Å²) in [5.41, 5.74) is -0.861. The van der Waals surface area contributed by atoms with Crippen molar-refractivity contribution in [1.82, 2.24) is 20.4 Å². The molecule has 2 heterocycles. The molecule has 0 radical (unpaired) electrons. The van der Waals surface area contributed by atoms with Crippen molar-refractivity contribution in [2.75, 3.05) is 13.1 Å². The molecule has 9 heteroatoms. The minimum atomic E-state index is -0.753. The number of hydrogen-bond acceptors (Lipinski definition) is 6. The molecule has 1 saturated heterocycles. The largest absolute Gasteiger partial charge is 0.444 e. The molecule has 3 rings (SSSR count). The Hall–Kier alpha value is -2.97. The molecule has 0 saturated carbocycles. The van der Waals surface area contributed by atoms with Gasteiger partial charge >= 0.3 is 6.09 Å². The Morgan fingerprint density at radius 3 is 2.77 bits per heavy atom. The zero-order valence-corrected chi connectivity index (χ0v) is 17.9. The van der Waals surface area contributed by atoms with Crippen LogP contribution < -0.4 is 5.32 Å². The second-order valence-corrected chi connectivity index (χ2v) is 8.87. The number of aromatic nitrogens is 2. The first-order chi connectivity index (χ1) is 14.0. The number of carbonyl (C=O) groups is 2. The van der Waals surface area contributed by atoms with Gasteiger partial charge in [-0.05, 0) is 53.2 Å². The lowest BCUT2D eigenvalue weighted by Crippen LogP contribution is -2.43. The van der Waals surface area contributed by atoms with Crippen LogP contribution in [-0.2, 0) is 9.53 Å². The molecule has 1 aromatic carbocycles. The number of halogens is 1. The third-order valence-corrected chi connectivity index (χ3v) is 4.92. The average molecular weight is 418 g/mol. The van der Waals surface area contributed by atoms with Crippen LogP contribution in [0.2, 0.25) is 0 Å². The van der Waals surface area contributed by atoms with E-state index in [1.807, 2.05) is 6.92 Å². The number of benzene rings is 1. The van der Waals surface area contributed by atoms with E-state index >= 15 is 0 Å². The monoisotopic (exact) mass is 418 g/mol. The summed E-state index contributed by atoms with van der Waals surface area (Å²) in [6.45, 7) is 9.65. The van der Waals surface area contributed by atoms with Gasteiger partial charge in [-0.1, -0.05) is 17.3 Å². The molecule has 2 atom stereocenters. The van der Waals surface area contributed by atoms with Crippen molar-refractivity contribution in [3.63, 3.8) is 0 Å². The molecule has 1 N–H and O–H groups in total. The highest BCUT2D eigenvalue weighted by Crippen LogP contribution is 2.32. The van der Waals surface area contributed by atoms with E-state index in [0.717, 1.165) is 0 Å². The van der Waals surface area contributed by atoms with E-state index in [4.69, 9.17) is 9.26 Å². The lowest BCUT2D eigenvalue weighted by molar-refractivity contribution is -0.130. The van der Waals surface area contributed by atoms with Gasteiger partial charge in [0.15, 0.2) is 0 Å². The highest BCUT2D eigenvalue weighted by atomic mass is 19.1. The number of likely N-dealkylation sites (tertiary alicyclic amines) is 1. The van der Waals surface area contributed by atoms with Crippen molar-refractivity contribution in [2.24, 2.45) is 5.41 Å². The van der Waals surface area contributed by atoms with E-state index in [1.165, 1.54) is 12.1 Å². The maximum atomic E-state index is 13.4. The molecule has 162 valence electrons. The fourth-order valence-electron chi connectivity index (χ4n) is 3.22. The Kier molecular flexibility index (Phi) is 5.83. The van der Waals surface area contributed by atoms with Gasteiger partial charge < -0.3 is 19.5 Å². The fraction of sp³-hybridized carbons (Fsp3) is 0.524. The van der Waals surface area contributed by atoms with Gasteiger partial charge in [0, 0.05) is 18.7 Å². The minimum absolute atomic E-state index is 0.216. The first kappa shape index (κ1) is 21.7. The highest BCUT2D eigenvalue weighted by Gasteiger charge is 2.43. The van der Waals surface area contributed by atoms with E-state index in [0.29, 0.717) is 18.5 Å². The molecule has 2 aromatic rings. The number of carbonyl (C=O) groups excluding carboxylic acids is 2. The molecule has 1 aliphatic heterocycles. The van der Waals surface area contributed by atoms with Crippen LogP contribution in [0.5, 0.6) is 0 Å². The number of ether oxygens (including phenoxy) is 1.